The Labute approximate surface area is 54.1 Å². The lowest BCUT2D eigenvalue weighted by molar-refractivity contribution is -0.116. The van der Waals surface area contributed by atoms with E-state index in [-0.39, 0.29) is 11.8 Å². The maximum atomic E-state index is 10.6. The van der Waals surface area contributed by atoms with Gasteiger partial charge in [-0.1, -0.05) is 0 Å². The minimum absolute atomic E-state index is 0.00231. The summed E-state index contributed by atoms with van der Waals surface area (Å²) < 4.78 is 0. The van der Waals surface area contributed by atoms with E-state index < -0.39 is 6.10 Å². The second-order valence-electron chi connectivity index (χ2n) is 2.47. The molecular weight excluding hydrogens is 118 g/mol. The van der Waals surface area contributed by atoms with Gasteiger partial charge in [0.05, 0.1) is 12.6 Å². The first kappa shape index (κ1) is 6.71. The number of aliphatic hydroxyl groups excluding tert-OH is 1. The fraction of sp³-hybridized carbons (Fsp3) is 0.833. The molecule has 2 atom stereocenters. The molecule has 0 spiro atoms. The van der Waals surface area contributed by atoms with Crippen molar-refractivity contribution in [1.82, 2.24) is 5.32 Å². The van der Waals surface area contributed by atoms with Crippen molar-refractivity contribution in [2.24, 2.45) is 0 Å². The Balaban J connectivity index is 2.39. The molecule has 1 heterocycles. The molecule has 0 aliphatic carbocycles. The molecule has 2 N–H and O–H groups in total. The van der Waals surface area contributed by atoms with Gasteiger partial charge in [0.15, 0.2) is 0 Å². The van der Waals surface area contributed by atoms with Gasteiger partial charge in [0, 0.05) is 12.5 Å². The number of Topliss-reactive ketones (excluding diaryl/α,β-unsaturated/α-hetero) is 1. The molecule has 0 radical (unpaired) electrons. The van der Waals surface area contributed by atoms with Crippen LogP contribution in [0, 0.1) is 0 Å². The summed E-state index contributed by atoms with van der Waals surface area (Å²) >= 11 is 0. The maximum Gasteiger partial charge on any atom is 0.148 e. The number of aliphatic hydroxyl groups is 1. The smallest absolute Gasteiger partial charge is 0.148 e. The van der Waals surface area contributed by atoms with Gasteiger partial charge >= 0.3 is 0 Å². The zero-order valence-electron chi connectivity index (χ0n) is 5.42. The first-order valence-electron chi connectivity index (χ1n) is 3.13. The van der Waals surface area contributed by atoms with Gasteiger partial charge in [0.1, 0.15) is 5.78 Å². The van der Waals surface area contributed by atoms with Crippen LogP contribution < -0.4 is 5.32 Å². The second kappa shape index (κ2) is 2.45. The standard InChI is InChI=1S/C6H11NO2/c1-4(8)6-2-5(9)3-7-6/h4,6-8H,2-3H2,1H3/t4-,6+/m1/s1. The fourth-order valence-corrected chi connectivity index (χ4v) is 0.976. The van der Waals surface area contributed by atoms with E-state index in [1.165, 1.54) is 0 Å². The highest BCUT2D eigenvalue weighted by atomic mass is 16.3. The highest BCUT2D eigenvalue weighted by molar-refractivity contribution is 5.83. The van der Waals surface area contributed by atoms with Crippen LogP contribution in [0.25, 0.3) is 0 Å². The average Bonchev–Trinajstić information content (AvgIpc) is 2.14. The van der Waals surface area contributed by atoms with Gasteiger partial charge < -0.3 is 10.4 Å². The van der Waals surface area contributed by atoms with E-state index in [0.717, 1.165) is 0 Å². The number of nitrogens with one attached hydrogen (secondary N) is 1. The van der Waals surface area contributed by atoms with Crippen molar-refractivity contribution in [3.8, 4) is 0 Å². The largest absolute Gasteiger partial charge is 0.392 e. The molecule has 0 bridgehead atoms. The number of carbonyl (C=O) groups excluding carboxylic acids is 1. The normalized spacial score (nSPS) is 30.9. The van der Waals surface area contributed by atoms with Crippen LogP contribution in [0.3, 0.4) is 0 Å². The third-order valence-corrected chi connectivity index (χ3v) is 1.59. The Morgan fingerprint density at radius 2 is 2.56 bits per heavy atom. The minimum atomic E-state index is -0.406. The molecular formula is C6H11NO2. The molecule has 0 aromatic carbocycles. The molecule has 0 amide bonds. The predicted molar refractivity (Wildman–Crippen MR) is 33.1 cm³/mol. The van der Waals surface area contributed by atoms with Crippen LogP contribution in [-0.2, 0) is 4.79 Å². The van der Waals surface area contributed by atoms with Gasteiger partial charge in [-0.15, -0.1) is 0 Å². The van der Waals surface area contributed by atoms with Crippen molar-refractivity contribution in [1.29, 1.82) is 0 Å². The number of ketones is 1. The third-order valence-electron chi connectivity index (χ3n) is 1.59. The zero-order chi connectivity index (χ0) is 6.85. The van der Waals surface area contributed by atoms with Crippen LogP contribution in [0.15, 0.2) is 0 Å². The number of rotatable bonds is 1. The van der Waals surface area contributed by atoms with Crippen molar-refractivity contribution in [3.05, 3.63) is 0 Å². The van der Waals surface area contributed by atoms with E-state index in [4.69, 9.17) is 5.11 Å². The van der Waals surface area contributed by atoms with Crippen LogP contribution in [0.4, 0.5) is 0 Å². The lowest BCUT2D eigenvalue weighted by atomic mass is 10.1. The highest BCUT2D eigenvalue weighted by Gasteiger charge is 2.24. The second-order valence-corrected chi connectivity index (χ2v) is 2.47. The Hall–Kier alpha value is -0.410. The molecule has 0 aromatic heterocycles. The Bertz CT molecular complexity index is 122. The van der Waals surface area contributed by atoms with E-state index in [1.54, 1.807) is 6.92 Å². The lowest BCUT2D eigenvalue weighted by Gasteiger charge is -2.10. The lowest BCUT2D eigenvalue weighted by Crippen LogP contribution is -2.32. The van der Waals surface area contributed by atoms with E-state index in [1.807, 2.05) is 0 Å². The molecule has 1 saturated heterocycles. The van der Waals surface area contributed by atoms with E-state index in [2.05, 4.69) is 5.32 Å². The van der Waals surface area contributed by atoms with Crippen LogP contribution in [0.5, 0.6) is 0 Å². The Morgan fingerprint density at radius 3 is 2.78 bits per heavy atom. The van der Waals surface area contributed by atoms with Gasteiger partial charge in [0.2, 0.25) is 0 Å². The predicted octanol–water partition coefficient (Wildman–Crippen LogP) is -0.702. The van der Waals surface area contributed by atoms with E-state index in [0.29, 0.717) is 13.0 Å². The fourth-order valence-electron chi connectivity index (χ4n) is 0.976. The molecule has 52 valence electrons. The highest BCUT2D eigenvalue weighted by Crippen LogP contribution is 2.04. The van der Waals surface area contributed by atoms with E-state index >= 15 is 0 Å². The minimum Gasteiger partial charge on any atom is -0.392 e. The van der Waals surface area contributed by atoms with Gasteiger partial charge in [-0.25, -0.2) is 0 Å². The zero-order valence-corrected chi connectivity index (χ0v) is 5.42. The van der Waals surface area contributed by atoms with Crippen molar-refractivity contribution < 1.29 is 9.90 Å². The van der Waals surface area contributed by atoms with Crippen LogP contribution >= 0.6 is 0 Å². The molecule has 0 saturated carbocycles. The SMILES string of the molecule is C[C@@H](O)[C@@H]1CC(=O)CN1. The van der Waals surface area contributed by atoms with Crippen molar-refractivity contribution in [2.75, 3.05) is 6.54 Å². The topological polar surface area (TPSA) is 49.3 Å². The first-order valence-corrected chi connectivity index (χ1v) is 3.13. The van der Waals surface area contributed by atoms with Gasteiger partial charge in [-0.3, -0.25) is 4.79 Å². The molecule has 0 unspecified atom stereocenters. The first-order chi connectivity index (χ1) is 4.20. The third kappa shape index (κ3) is 1.50. The molecule has 1 aliphatic rings. The number of hydrogen-bond donors (Lipinski definition) is 2. The molecule has 0 aromatic rings. The summed E-state index contributed by atoms with van der Waals surface area (Å²) in [5, 5.41) is 11.9. The summed E-state index contributed by atoms with van der Waals surface area (Å²) in [7, 11) is 0. The molecule has 3 heteroatoms. The van der Waals surface area contributed by atoms with Gasteiger partial charge in [-0.05, 0) is 6.92 Å². The van der Waals surface area contributed by atoms with Gasteiger partial charge in [0.25, 0.3) is 0 Å². The van der Waals surface area contributed by atoms with Crippen molar-refractivity contribution >= 4 is 5.78 Å². The number of carbonyl (C=O) groups is 1. The molecule has 3 nitrogen and oxygen atoms in total. The molecule has 1 aliphatic heterocycles. The average molecular weight is 129 g/mol. The Morgan fingerprint density at radius 1 is 1.89 bits per heavy atom. The van der Waals surface area contributed by atoms with Gasteiger partial charge in [-0.2, -0.15) is 0 Å². The van der Waals surface area contributed by atoms with Crippen LogP contribution in [0.1, 0.15) is 13.3 Å². The molecule has 9 heavy (non-hydrogen) atoms. The van der Waals surface area contributed by atoms with Crippen LogP contribution in [-0.4, -0.2) is 29.6 Å². The summed E-state index contributed by atoms with van der Waals surface area (Å²) in [6.07, 6.45) is 0.0777. The quantitative estimate of drug-likeness (QED) is 0.492. The van der Waals surface area contributed by atoms with Crippen molar-refractivity contribution in [2.45, 2.75) is 25.5 Å². The van der Waals surface area contributed by atoms with Crippen LogP contribution in [0.2, 0.25) is 0 Å². The Kier molecular flexibility index (Phi) is 1.83. The molecule has 1 fully saturated rings. The summed E-state index contributed by atoms with van der Waals surface area (Å²) in [6.45, 7) is 2.12. The summed E-state index contributed by atoms with van der Waals surface area (Å²) in [5.41, 5.74) is 0. The molecule has 1 rings (SSSR count). The van der Waals surface area contributed by atoms with E-state index in [9.17, 15) is 4.79 Å². The summed E-state index contributed by atoms with van der Waals surface area (Å²) in [6, 6.07) is -0.00231. The summed E-state index contributed by atoms with van der Waals surface area (Å²) in [5.74, 6) is 0.195. The number of hydrogen-bond acceptors (Lipinski definition) is 3. The maximum absolute atomic E-state index is 10.6. The summed E-state index contributed by atoms with van der Waals surface area (Å²) in [4.78, 5) is 10.6. The monoisotopic (exact) mass is 129 g/mol. The van der Waals surface area contributed by atoms with Crippen molar-refractivity contribution in [3.63, 3.8) is 0 Å².